The van der Waals surface area contributed by atoms with Crippen molar-refractivity contribution in [3.05, 3.63) is 18.3 Å². The van der Waals surface area contributed by atoms with Crippen molar-refractivity contribution >= 4 is 15.7 Å². The van der Waals surface area contributed by atoms with Crippen LogP contribution in [0.2, 0.25) is 0 Å². The highest BCUT2D eigenvalue weighted by atomic mass is 32.2. The summed E-state index contributed by atoms with van der Waals surface area (Å²) in [5, 5.41) is 3.16. The first-order valence-electron chi connectivity index (χ1n) is 6.77. The molecule has 2 heterocycles. The number of methoxy groups -OCH3 is 1. The molecule has 1 aliphatic rings. The van der Waals surface area contributed by atoms with Crippen molar-refractivity contribution in [2.45, 2.75) is 18.4 Å². The van der Waals surface area contributed by atoms with Crippen molar-refractivity contribution in [1.82, 2.24) is 9.29 Å². The van der Waals surface area contributed by atoms with Gasteiger partial charge < -0.3 is 10.1 Å². The number of sulfonamides is 1. The molecule has 6 nitrogen and oxygen atoms in total. The Kier molecular flexibility index (Phi) is 4.95. The molecule has 1 fully saturated rings. The molecule has 0 radical (unpaired) electrons. The number of pyridine rings is 1. The third-order valence-corrected chi connectivity index (χ3v) is 5.20. The second kappa shape index (κ2) is 6.51. The summed E-state index contributed by atoms with van der Waals surface area (Å²) in [6.07, 6.45) is 2.34. The highest BCUT2D eigenvalue weighted by Gasteiger charge is 2.34. The standard InChI is InChI=1S/C13H21N3O3S/c1-3-14-12-5-4-7-15-13(12)20(17,18)16-8-6-11(9-16)10-19-2/h4-5,7,11,14H,3,6,8-10H2,1-2H3. The number of nitrogens with one attached hydrogen (secondary N) is 1. The van der Waals surface area contributed by atoms with Crippen LogP contribution in [0.5, 0.6) is 0 Å². The van der Waals surface area contributed by atoms with Crippen LogP contribution in [0.4, 0.5) is 5.69 Å². The van der Waals surface area contributed by atoms with E-state index in [4.69, 9.17) is 4.74 Å². The molecule has 0 amide bonds. The molecule has 1 saturated heterocycles. The molecule has 20 heavy (non-hydrogen) atoms. The highest BCUT2D eigenvalue weighted by molar-refractivity contribution is 7.89. The molecule has 1 aromatic heterocycles. The smallest absolute Gasteiger partial charge is 0.262 e. The van der Waals surface area contributed by atoms with E-state index < -0.39 is 10.0 Å². The lowest BCUT2D eigenvalue weighted by atomic mass is 10.1. The molecule has 0 spiro atoms. The molecular formula is C13H21N3O3S. The largest absolute Gasteiger partial charge is 0.384 e. The summed E-state index contributed by atoms with van der Waals surface area (Å²) in [4.78, 5) is 4.06. The molecule has 1 aromatic rings. The summed E-state index contributed by atoms with van der Waals surface area (Å²) >= 11 is 0. The summed E-state index contributed by atoms with van der Waals surface area (Å²) in [5.74, 6) is 0.265. The molecule has 0 aromatic carbocycles. The van der Waals surface area contributed by atoms with Gasteiger partial charge in [-0.05, 0) is 31.4 Å². The number of hydrogen-bond acceptors (Lipinski definition) is 5. The quantitative estimate of drug-likeness (QED) is 0.854. The average Bonchev–Trinajstić information content (AvgIpc) is 2.89. The van der Waals surface area contributed by atoms with Gasteiger partial charge in [-0.1, -0.05) is 0 Å². The van der Waals surface area contributed by atoms with Crippen LogP contribution in [0.3, 0.4) is 0 Å². The fraction of sp³-hybridized carbons (Fsp3) is 0.615. The summed E-state index contributed by atoms with van der Waals surface area (Å²) in [6.45, 7) is 4.19. The Hall–Kier alpha value is -1.18. The Morgan fingerprint density at radius 2 is 2.35 bits per heavy atom. The first-order valence-corrected chi connectivity index (χ1v) is 8.21. The van der Waals surface area contributed by atoms with Crippen LogP contribution in [0.1, 0.15) is 13.3 Å². The van der Waals surface area contributed by atoms with Crippen molar-refractivity contribution < 1.29 is 13.2 Å². The molecule has 0 bridgehead atoms. The average molecular weight is 299 g/mol. The van der Waals surface area contributed by atoms with Gasteiger partial charge >= 0.3 is 0 Å². The molecular weight excluding hydrogens is 278 g/mol. The lowest BCUT2D eigenvalue weighted by Crippen LogP contribution is -2.30. The Bertz CT molecular complexity index is 548. The fourth-order valence-electron chi connectivity index (χ4n) is 2.43. The number of rotatable bonds is 6. The molecule has 1 atom stereocenters. The number of ether oxygens (including phenoxy) is 1. The molecule has 112 valence electrons. The molecule has 0 aliphatic carbocycles. The van der Waals surface area contributed by atoms with Gasteiger partial charge in [0.1, 0.15) is 0 Å². The lowest BCUT2D eigenvalue weighted by molar-refractivity contribution is 0.157. The van der Waals surface area contributed by atoms with E-state index in [-0.39, 0.29) is 10.9 Å². The van der Waals surface area contributed by atoms with Gasteiger partial charge in [-0.3, -0.25) is 0 Å². The van der Waals surface area contributed by atoms with Crippen molar-refractivity contribution in [3.63, 3.8) is 0 Å². The molecule has 2 rings (SSSR count). The minimum atomic E-state index is -3.54. The van der Waals surface area contributed by atoms with Crippen LogP contribution < -0.4 is 5.32 Å². The van der Waals surface area contributed by atoms with Crippen LogP contribution in [-0.4, -0.2) is 51.1 Å². The van der Waals surface area contributed by atoms with E-state index in [0.29, 0.717) is 31.9 Å². The zero-order valence-corrected chi connectivity index (χ0v) is 12.7. The van der Waals surface area contributed by atoms with Crippen LogP contribution in [0.15, 0.2) is 23.4 Å². The Labute approximate surface area is 120 Å². The van der Waals surface area contributed by atoms with Gasteiger partial charge in [0.15, 0.2) is 5.03 Å². The second-order valence-electron chi connectivity index (χ2n) is 4.86. The van der Waals surface area contributed by atoms with Crippen molar-refractivity contribution in [3.8, 4) is 0 Å². The topological polar surface area (TPSA) is 71.5 Å². The normalized spacial score (nSPS) is 20.2. The maximum absolute atomic E-state index is 12.7. The van der Waals surface area contributed by atoms with Crippen molar-refractivity contribution in [2.24, 2.45) is 5.92 Å². The van der Waals surface area contributed by atoms with Gasteiger partial charge in [-0.25, -0.2) is 13.4 Å². The first-order chi connectivity index (χ1) is 9.59. The van der Waals surface area contributed by atoms with E-state index >= 15 is 0 Å². The highest BCUT2D eigenvalue weighted by Crippen LogP contribution is 2.27. The van der Waals surface area contributed by atoms with Gasteiger partial charge in [0, 0.05) is 32.9 Å². The van der Waals surface area contributed by atoms with E-state index in [2.05, 4.69) is 10.3 Å². The number of nitrogens with zero attached hydrogens (tertiary/aromatic N) is 2. The van der Waals surface area contributed by atoms with E-state index in [9.17, 15) is 8.42 Å². The third kappa shape index (κ3) is 3.11. The second-order valence-corrected chi connectivity index (χ2v) is 6.71. The Morgan fingerprint density at radius 1 is 1.55 bits per heavy atom. The van der Waals surface area contributed by atoms with Gasteiger partial charge in [0.2, 0.25) is 0 Å². The summed E-state index contributed by atoms with van der Waals surface area (Å²) < 4.78 is 31.9. The molecule has 1 aliphatic heterocycles. The predicted octanol–water partition coefficient (Wildman–Crippen LogP) is 1.17. The molecule has 0 saturated carbocycles. The zero-order valence-electron chi connectivity index (χ0n) is 11.9. The van der Waals surface area contributed by atoms with Gasteiger partial charge in [0.05, 0.1) is 12.3 Å². The number of hydrogen-bond donors (Lipinski definition) is 1. The maximum atomic E-state index is 12.7. The van der Waals surface area contributed by atoms with Gasteiger partial charge in [-0.15, -0.1) is 0 Å². The van der Waals surface area contributed by atoms with E-state index in [0.717, 1.165) is 6.42 Å². The minimum Gasteiger partial charge on any atom is -0.384 e. The van der Waals surface area contributed by atoms with E-state index in [1.165, 1.54) is 10.5 Å². The van der Waals surface area contributed by atoms with Crippen molar-refractivity contribution in [2.75, 3.05) is 38.7 Å². The monoisotopic (exact) mass is 299 g/mol. The number of anilines is 1. The van der Waals surface area contributed by atoms with Crippen LogP contribution in [0.25, 0.3) is 0 Å². The van der Waals surface area contributed by atoms with Crippen LogP contribution >= 0.6 is 0 Å². The fourth-order valence-corrected chi connectivity index (χ4v) is 4.04. The lowest BCUT2D eigenvalue weighted by Gasteiger charge is -2.18. The van der Waals surface area contributed by atoms with Gasteiger partial charge in [0.25, 0.3) is 10.0 Å². The first kappa shape index (κ1) is 15.2. The predicted molar refractivity (Wildman–Crippen MR) is 77.1 cm³/mol. The zero-order chi connectivity index (χ0) is 14.6. The third-order valence-electron chi connectivity index (χ3n) is 3.37. The Balaban J connectivity index is 2.23. The Morgan fingerprint density at radius 3 is 3.05 bits per heavy atom. The minimum absolute atomic E-state index is 0.111. The maximum Gasteiger partial charge on any atom is 0.262 e. The summed E-state index contributed by atoms with van der Waals surface area (Å²) in [5.41, 5.74) is 0.560. The van der Waals surface area contributed by atoms with E-state index in [1.807, 2.05) is 6.92 Å². The summed E-state index contributed by atoms with van der Waals surface area (Å²) in [7, 11) is -1.90. The molecule has 7 heteroatoms. The molecule has 1 N–H and O–H groups in total. The van der Waals surface area contributed by atoms with Crippen molar-refractivity contribution in [1.29, 1.82) is 0 Å². The number of aromatic nitrogens is 1. The van der Waals surface area contributed by atoms with Crippen LogP contribution in [0, 0.1) is 5.92 Å². The summed E-state index contributed by atoms with van der Waals surface area (Å²) in [6, 6.07) is 3.47. The SMILES string of the molecule is CCNc1cccnc1S(=O)(=O)N1CCC(COC)C1. The van der Waals surface area contributed by atoms with Crippen LogP contribution in [-0.2, 0) is 14.8 Å². The molecule has 1 unspecified atom stereocenters. The van der Waals surface area contributed by atoms with E-state index in [1.54, 1.807) is 19.2 Å². The van der Waals surface area contributed by atoms with Gasteiger partial charge in [-0.2, -0.15) is 4.31 Å².